The van der Waals surface area contributed by atoms with Gasteiger partial charge in [-0.05, 0) is 42.9 Å². The lowest BCUT2D eigenvalue weighted by Crippen LogP contribution is -2.70. The van der Waals surface area contributed by atoms with E-state index in [1.807, 2.05) is 24.3 Å². The molecule has 2 amide bonds. The van der Waals surface area contributed by atoms with Gasteiger partial charge in [0.1, 0.15) is 42.5 Å². The molecule has 5 fully saturated rings. The minimum absolute atomic E-state index is 0.0859. The van der Waals surface area contributed by atoms with Gasteiger partial charge in [-0.25, -0.2) is 0 Å². The van der Waals surface area contributed by atoms with Gasteiger partial charge in [-0.3, -0.25) is 19.2 Å². The lowest BCUT2D eigenvalue weighted by Gasteiger charge is -2.50. The summed E-state index contributed by atoms with van der Waals surface area (Å²) in [6, 6.07) is 5.89. The maximum Gasteiger partial charge on any atom is 0.327 e. The van der Waals surface area contributed by atoms with Gasteiger partial charge in [0, 0.05) is 32.4 Å². The van der Waals surface area contributed by atoms with Gasteiger partial charge in [-0.15, -0.1) is 0 Å². The normalized spacial score (nSPS) is 30.8. The Hall–Kier alpha value is -3.07. The average molecular weight is 714 g/mol. The molecule has 282 valence electrons. The first-order chi connectivity index (χ1) is 24.8. The van der Waals surface area contributed by atoms with Crippen LogP contribution in [0.15, 0.2) is 30.5 Å². The van der Waals surface area contributed by atoms with Crippen LogP contribution in [0.3, 0.4) is 0 Å². The van der Waals surface area contributed by atoms with Crippen molar-refractivity contribution >= 4 is 23.9 Å². The first kappa shape index (κ1) is 37.7. The fourth-order valence-corrected chi connectivity index (χ4v) is 8.75. The molecule has 5 aliphatic rings. The molecule has 4 aliphatic heterocycles. The largest absolute Gasteiger partial charge is 0.499 e. The minimum atomic E-state index is -1.37. The van der Waals surface area contributed by atoms with Gasteiger partial charge in [-0.1, -0.05) is 63.8 Å². The molecule has 13 nitrogen and oxygen atoms in total. The molecular formula is C38H55N3O10. The van der Waals surface area contributed by atoms with E-state index in [9.17, 15) is 14.7 Å². The van der Waals surface area contributed by atoms with Gasteiger partial charge < -0.3 is 39.4 Å². The number of carbonyl (C=O) groups excluding carboxylic acids is 3. The van der Waals surface area contributed by atoms with Crippen LogP contribution in [0.2, 0.25) is 0 Å². The van der Waals surface area contributed by atoms with Crippen molar-refractivity contribution in [2.75, 3.05) is 32.9 Å². The van der Waals surface area contributed by atoms with Crippen LogP contribution in [-0.4, -0.2) is 113 Å². The third-order valence-electron chi connectivity index (χ3n) is 11.1. The smallest absolute Gasteiger partial charge is 0.327 e. The summed E-state index contributed by atoms with van der Waals surface area (Å²) in [5.74, 6) is -2.05. The SMILES string of the molecule is CCCCCC1(CCCCC)O[C@@H]2[C@H]3ON(Cc4cccc(C=COCCO)c4)[C@H]4C(=O)OC(CC34C(=O)N3CCC[C@@H]3C(=O)NCCO)[C@@H]2O1. The van der Waals surface area contributed by atoms with Crippen molar-refractivity contribution in [3.8, 4) is 0 Å². The molecule has 1 saturated carbocycles. The number of hydrogen-bond donors (Lipinski definition) is 3. The van der Waals surface area contributed by atoms with Gasteiger partial charge in [0.15, 0.2) is 11.8 Å². The highest BCUT2D eigenvalue weighted by molar-refractivity contribution is 5.96. The molecule has 1 aromatic rings. The van der Waals surface area contributed by atoms with Crippen LogP contribution in [-0.2, 0) is 44.7 Å². The number of hydrogen-bond acceptors (Lipinski definition) is 11. The molecule has 51 heavy (non-hydrogen) atoms. The molecule has 1 aromatic carbocycles. The number of benzene rings is 1. The first-order valence-corrected chi connectivity index (χ1v) is 19.0. The highest BCUT2D eigenvalue weighted by atomic mass is 16.8. The van der Waals surface area contributed by atoms with Crippen molar-refractivity contribution in [2.45, 2.75) is 133 Å². The number of nitrogens with zero attached hydrogens (tertiary/aromatic N) is 2. The number of unbranched alkanes of at least 4 members (excludes halogenated alkanes) is 4. The molecule has 0 radical (unpaired) electrons. The molecule has 7 atom stereocenters. The second-order valence-corrected chi connectivity index (χ2v) is 14.5. The van der Waals surface area contributed by atoms with Crippen molar-refractivity contribution in [1.82, 2.24) is 15.3 Å². The van der Waals surface area contributed by atoms with Crippen molar-refractivity contribution in [1.29, 1.82) is 0 Å². The number of likely N-dealkylation sites (tertiary alicyclic amines) is 1. The van der Waals surface area contributed by atoms with Gasteiger partial charge in [0.05, 0.1) is 26.0 Å². The summed E-state index contributed by atoms with van der Waals surface area (Å²) in [6.45, 7) is 4.86. The zero-order valence-electron chi connectivity index (χ0n) is 30.0. The molecule has 3 N–H and O–H groups in total. The second-order valence-electron chi connectivity index (χ2n) is 14.5. The van der Waals surface area contributed by atoms with E-state index in [0.717, 1.165) is 49.7 Å². The number of rotatable bonds is 18. The molecule has 1 aliphatic carbocycles. The highest BCUT2D eigenvalue weighted by Gasteiger charge is 2.77. The van der Waals surface area contributed by atoms with Crippen LogP contribution in [0.25, 0.3) is 6.08 Å². The van der Waals surface area contributed by atoms with E-state index in [1.54, 1.807) is 16.0 Å². The van der Waals surface area contributed by atoms with Gasteiger partial charge in [0.25, 0.3) is 0 Å². The summed E-state index contributed by atoms with van der Waals surface area (Å²) in [7, 11) is 0. The number of fused-ring (bicyclic) bond motifs is 4. The number of esters is 1. The van der Waals surface area contributed by atoms with Crippen molar-refractivity contribution in [2.24, 2.45) is 5.41 Å². The van der Waals surface area contributed by atoms with E-state index >= 15 is 4.79 Å². The Balaban J connectivity index is 1.35. The topological polar surface area (TPSA) is 156 Å². The summed E-state index contributed by atoms with van der Waals surface area (Å²) in [5, 5.41) is 22.7. The standard InChI is InChI=1S/C38H55N3O10/c1-3-5-7-15-37(16-8-6-4-2)49-30-29-24-38(36(46)40-18-10-13-28(40)34(44)39-17-19-42)32(35(45)48-29)41(51-33(38)31(30)50-37)25-27-12-9-11-26(23-27)14-21-47-22-20-43/h9,11-12,14,21,23,28-33,42-43H,3-8,10,13,15-20,22,24-25H2,1-2H3,(H,39,44)/t28-,29?,30+,31+,32+,33-,38?/m1/s1. The third-order valence-corrected chi connectivity index (χ3v) is 11.1. The molecule has 0 spiro atoms. The number of amides is 2. The second kappa shape index (κ2) is 16.7. The van der Waals surface area contributed by atoms with E-state index in [-0.39, 0.29) is 51.1 Å². The van der Waals surface area contributed by atoms with Crippen LogP contribution in [0, 0.1) is 5.41 Å². The molecule has 0 aromatic heterocycles. The van der Waals surface area contributed by atoms with Crippen molar-refractivity contribution < 1.29 is 48.4 Å². The number of hydroxylamine groups is 2. The Labute approximate surface area is 300 Å². The quantitative estimate of drug-likeness (QED) is 0.117. The first-order valence-electron chi connectivity index (χ1n) is 19.0. The Bertz CT molecular complexity index is 1400. The highest BCUT2D eigenvalue weighted by Crippen LogP contribution is 2.59. The summed E-state index contributed by atoms with van der Waals surface area (Å²) in [6.07, 6.45) is 9.20. The van der Waals surface area contributed by atoms with Crippen LogP contribution >= 0.6 is 0 Å². The number of nitrogens with one attached hydrogen (secondary N) is 1. The zero-order chi connectivity index (χ0) is 36.0. The molecule has 2 unspecified atom stereocenters. The van der Waals surface area contributed by atoms with E-state index in [1.165, 1.54) is 6.26 Å². The minimum Gasteiger partial charge on any atom is -0.499 e. The van der Waals surface area contributed by atoms with Crippen LogP contribution in [0.5, 0.6) is 0 Å². The van der Waals surface area contributed by atoms with Crippen molar-refractivity contribution in [3.05, 3.63) is 41.7 Å². The Morgan fingerprint density at radius 3 is 2.55 bits per heavy atom. The van der Waals surface area contributed by atoms with Gasteiger partial charge >= 0.3 is 5.97 Å². The fourth-order valence-electron chi connectivity index (χ4n) is 8.75. The summed E-state index contributed by atoms with van der Waals surface area (Å²) in [4.78, 5) is 51.1. The lowest BCUT2D eigenvalue weighted by molar-refractivity contribution is -0.225. The molecule has 2 bridgehead atoms. The van der Waals surface area contributed by atoms with E-state index < -0.39 is 53.7 Å². The lowest BCUT2D eigenvalue weighted by atomic mass is 9.62. The zero-order valence-corrected chi connectivity index (χ0v) is 30.0. The van der Waals surface area contributed by atoms with Crippen LogP contribution < -0.4 is 5.32 Å². The maximum absolute atomic E-state index is 15.2. The molecule has 6 rings (SSSR count). The van der Waals surface area contributed by atoms with Gasteiger partial charge in [0.2, 0.25) is 11.8 Å². The van der Waals surface area contributed by atoms with E-state index in [0.29, 0.717) is 32.2 Å². The van der Waals surface area contributed by atoms with Gasteiger partial charge in [-0.2, -0.15) is 5.06 Å². The molecular weight excluding hydrogens is 658 g/mol. The van der Waals surface area contributed by atoms with Crippen molar-refractivity contribution in [3.63, 3.8) is 0 Å². The Morgan fingerprint density at radius 2 is 1.82 bits per heavy atom. The Morgan fingerprint density at radius 1 is 1.06 bits per heavy atom. The van der Waals surface area contributed by atoms with Crippen LogP contribution in [0.1, 0.15) is 95.6 Å². The maximum atomic E-state index is 15.2. The predicted molar refractivity (Wildman–Crippen MR) is 185 cm³/mol. The number of carbonyl (C=O) groups is 3. The predicted octanol–water partition coefficient (Wildman–Crippen LogP) is 3.21. The van der Waals surface area contributed by atoms with E-state index in [2.05, 4.69) is 19.2 Å². The summed E-state index contributed by atoms with van der Waals surface area (Å²) >= 11 is 0. The monoisotopic (exact) mass is 713 g/mol. The third kappa shape index (κ3) is 7.56. The summed E-state index contributed by atoms with van der Waals surface area (Å²) < 4.78 is 25.4. The fraction of sp³-hybridized carbons (Fsp3) is 0.711. The average Bonchev–Trinajstić information content (AvgIpc) is 3.85. The molecule has 13 heteroatoms. The van der Waals surface area contributed by atoms with Crippen LogP contribution in [0.4, 0.5) is 0 Å². The summed E-state index contributed by atoms with van der Waals surface area (Å²) in [5.41, 5.74) is 0.319. The number of aliphatic hydroxyl groups is 2. The molecule has 4 heterocycles. The Kier molecular flexibility index (Phi) is 12.4. The number of aliphatic hydroxyl groups excluding tert-OH is 2. The number of ether oxygens (including phenoxy) is 4. The van der Waals surface area contributed by atoms with E-state index in [4.69, 9.17) is 28.9 Å². The molecule has 4 saturated heterocycles.